The third-order valence-corrected chi connectivity index (χ3v) is 3.32. The number of hydrogen-bond donors (Lipinski definition) is 3. The molecule has 6 heteroatoms. The first kappa shape index (κ1) is 17.3. The van der Waals surface area contributed by atoms with E-state index in [9.17, 15) is 9.59 Å². The highest BCUT2D eigenvalue weighted by Crippen LogP contribution is 2.13. The fraction of sp³-hybridized carbons (Fsp3) is 0.222. The summed E-state index contributed by atoms with van der Waals surface area (Å²) in [4.78, 5) is 22.8. The van der Waals surface area contributed by atoms with E-state index in [1.807, 2.05) is 24.3 Å². The lowest BCUT2D eigenvalue weighted by Crippen LogP contribution is -2.30. The zero-order chi connectivity index (χ0) is 17.4. The third-order valence-electron chi connectivity index (χ3n) is 3.32. The van der Waals surface area contributed by atoms with Crippen molar-refractivity contribution in [3.63, 3.8) is 0 Å². The molecule has 2 rings (SSSR count). The Labute approximate surface area is 141 Å². The number of anilines is 2. The fourth-order valence-corrected chi connectivity index (χ4v) is 2.13. The molecular weight excluding hydrogens is 306 g/mol. The number of amides is 3. The predicted molar refractivity (Wildman–Crippen MR) is 94.5 cm³/mol. The van der Waals surface area contributed by atoms with Crippen molar-refractivity contribution in [2.45, 2.75) is 13.3 Å². The first-order valence-corrected chi connectivity index (χ1v) is 7.62. The molecule has 0 aliphatic carbocycles. The molecule has 0 bridgehead atoms. The summed E-state index contributed by atoms with van der Waals surface area (Å²) in [6, 6.07) is 14.4. The highest BCUT2D eigenvalue weighted by molar-refractivity contribution is 5.91. The van der Waals surface area contributed by atoms with E-state index in [0.29, 0.717) is 17.9 Å². The maximum atomic E-state index is 11.9. The van der Waals surface area contributed by atoms with Crippen LogP contribution in [0.25, 0.3) is 0 Å². The van der Waals surface area contributed by atoms with Gasteiger partial charge in [0, 0.05) is 24.8 Å². The Balaban J connectivity index is 1.75. The average molecular weight is 327 g/mol. The van der Waals surface area contributed by atoms with Gasteiger partial charge in [-0.25, -0.2) is 4.79 Å². The molecule has 0 saturated carbocycles. The number of nitrogens with one attached hydrogen (secondary N) is 3. The summed E-state index contributed by atoms with van der Waals surface area (Å²) in [6.45, 7) is 1.98. The van der Waals surface area contributed by atoms with Gasteiger partial charge in [-0.3, -0.25) is 4.79 Å². The van der Waals surface area contributed by atoms with Gasteiger partial charge in [0.05, 0.1) is 7.11 Å². The average Bonchev–Trinajstić information content (AvgIpc) is 2.57. The Morgan fingerprint density at radius 2 is 1.50 bits per heavy atom. The lowest BCUT2D eigenvalue weighted by Gasteiger charge is -2.09. The number of hydrogen-bond acceptors (Lipinski definition) is 3. The lowest BCUT2D eigenvalue weighted by molar-refractivity contribution is -0.114. The van der Waals surface area contributed by atoms with Crippen LogP contribution in [0.3, 0.4) is 0 Å². The molecule has 0 aromatic heterocycles. The van der Waals surface area contributed by atoms with Crippen molar-refractivity contribution in [3.05, 3.63) is 54.1 Å². The first-order chi connectivity index (χ1) is 11.6. The van der Waals surface area contributed by atoms with E-state index in [-0.39, 0.29) is 11.9 Å². The SMILES string of the molecule is COc1ccc(CCNC(=O)Nc2ccc(NC(C)=O)cc2)cc1. The zero-order valence-electron chi connectivity index (χ0n) is 13.8. The zero-order valence-corrected chi connectivity index (χ0v) is 13.8. The molecule has 0 fully saturated rings. The van der Waals surface area contributed by atoms with Crippen molar-refractivity contribution >= 4 is 23.3 Å². The summed E-state index contributed by atoms with van der Waals surface area (Å²) in [5.74, 6) is 0.680. The van der Waals surface area contributed by atoms with Crippen LogP contribution in [0.5, 0.6) is 5.75 Å². The van der Waals surface area contributed by atoms with E-state index in [2.05, 4.69) is 16.0 Å². The molecule has 3 N–H and O–H groups in total. The first-order valence-electron chi connectivity index (χ1n) is 7.62. The Hall–Kier alpha value is -3.02. The molecule has 0 aliphatic heterocycles. The smallest absolute Gasteiger partial charge is 0.319 e. The summed E-state index contributed by atoms with van der Waals surface area (Å²) in [7, 11) is 1.63. The van der Waals surface area contributed by atoms with Crippen LogP contribution in [0.2, 0.25) is 0 Å². The van der Waals surface area contributed by atoms with E-state index in [4.69, 9.17) is 4.74 Å². The molecule has 2 aromatic carbocycles. The largest absolute Gasteiger partial charge is 0.497 e. The maximum absolute atomic E-state index is 11.9. The van der Waals surface area contributed by atoms with Crippen LogP contribution in [0, 0.1) is 0 Å². The van der Waals surface area contributed by atoms with Gasteiger partial charge in [-0.1, -0.05) is 12.1 Å². The Morgan fingerprint density at radius 1 is 0.917 bits per heavy atom. The molecule has 0 heterocycles. The summed E-state index contributed by atoms with van der Waals surface area (Å²) in [5, 5.41) is 8.22. The third kappa shape index (κ3) is 5.64. The van der Waals surface area contributed by atoms with Gasteiger partial charge in [0.25, 0.3) is 0 Å². The van der Waals surface area contributed by atoms with Crippen LogP contribution in [-0.2, 0) is 11.2 Å². The molecule has 0 radical (unpaired) electrons. The second kappa shape index (κ2) is 8.57. The summed E-state index contributed by atoms with van der Waals surface area (Å²) < 4.78 is 5.10. The Morgan fingerprint density at radius 3 is 2.04 bits per heavy atom. The number of ether oxygens (including phenoxy) is 1. The van der Waals surface area contributed by atoms with Crippen LogP contribution in [0.4, 0.5) is 16.2 Å². The van der Waals surface area contributed by atoms with Crippen molar-refractivity contribution in [2.24, 2.45) is 0 Å². The Kier molecular flexibility index (Phi) is 6.19. The van der Waals surface area contributed by atoms with E-state index < -0.39 is 0 Å². The second-order valence-corrected chi connectivity index (χ2v) is 5.24. The van der Waals surface area contributed by atoms with E-state index >= 15 is 0 Å². The van der Waals surface area contributed by atoms with Crippen molar-refractivity contribution in [2.75, 3.05) is 24.3 Å². The van der Waals surface area contributed by atoms with Crippen LogP contribution in [-0.4, -0.2) is 25.6 Å². The quantitative estimate of drug-likeness (QED) is 0.763. The molecule has 0 unspecified atom stereocenters. The van der Waals surface area contributed by atoms with Crippen molar-refractivity contribution < 1.29 is 14.3 Å². The minimum absolute atomic E-state index is 0.132. The van der Waals surface area contributed by atoms with E-state index in [0.717, 1.165) is 17.7 Å². The van der Waals surface area contributed by atoms with Crippen LogP contribution >= 0.6 is 0 Å². The number of carbonyl (C=O) groups is 2. The summed E-state index contributed by atoms with van der Waals surface area (Å²) in [5.41, 5.74) is 2.47. The summed E-state index contributed by atoms with van der Waals surface area (Å²) >= 11 is 0. The molecule has 0 saturated heterocycles. The van der Waals surface area contributed by atoms with Gasteiger partial charge >= 0.3 is 6.03 Å². The standard InChI is InChI=1S/C18H21N3O3/c1-13(22)20-15-5-7-16(8-6-15)21-18(23)19-12-11-14-3-9-17(24-2)10-4-14/h3-10H,11-12H2,1-2H3,(H,20,22)(H2,19,21,23). The molecule has 126 valence electrons. The number of urea groups is 1. The van der Waals surface area contributed by atoms with Gasteiger partial charge in [0.1, 0.15) is 5.75 Å². The number of carbonyl (C=O) groups excluding carboxylic acids is 2. The van der Waals surface area contributed by atoms with Gasteiger partial charge < -0.3 is 20.7 Å². The highest BCUT2D eigenvalue weighted by Gasteiger charge is 2.02. The molecule has 2 aromatic rings. The fourth-order valence-electron chi connectivity index (χ4n) is 2.13. The van der Waals surface area contributed by atoms with Crippen LogP contribution in [0.15, 0.2) is 48.5 Å². The maximum Gasteiger partial charge on any atom is 0.319 e. The molecular formula is C18H21N3O3. The van der Waals surface area contributed by atoms with E-state index in [1.54, 1.807) is 31.4 Å². The molecule has 0 spiro atoms. The van der Waals surface area contributed by atoms with Gasteiger partial charge in [-0.2, -0.15) is 0 Å². The predicted octanol–water partition coefficient (Wildman–Crippen LogP) is 3.02. The number of benzene rings is 2. The summed E-state index contributed by atoms with van der Waals surface area (Å²) in [6.07, 6.45) is 0.735. The van der Waals surface area contributed by atoms with Crippen LogP contribution < -0.4 is 20.7 Å². The molecule has 0 atom stereocenters. The van der Waals surface area contributed by atoms with Gasteiger partial charge in [0.2, 0.25) is 5.91 Å². The Bertz CT molecular complexity index is 682. The molecule has 3 amide bonds. The minimum atomic E-state index is -0.268. The lowest BCUT2D eigenvalue weighted by atomic mass is 10.1. The number of rotatable bonds is 6. The minimum Gasteiger partial charge on any atom is -0.497 e. The number of methoxy groups -OCH3 is 1. The van der Waals surface area contributed by atoms with E-state index in [1.165, 1.54) is 6.92 Å². The molecule has 0 aliphatic rings. The van der Waals surface area contributed by atoms with Crippen molar-refractivity contribution in [1.82, 2.24) is 5.32 Å². The van der Waals surface area contributed by atoms with Crippen LogP contribution in [0.1, 0.15) is 12.5 Å². The molecule has 24 heavy (non-hydrogen) atoms. The van der Waals surface area contributed by atoms with Gasteiger partial charge in [0.15, 0.2) is 0 Å². The topological polar surface area (TPSA) is 79.5 Å². The van der Waals surface area contributed by atoms with Gasteiger partial charge in [-0.05, 0) is 48.4 Å². The molecule has 6 nitrogen and oxygen atoms in total. The van der Waals surface area contributed by atoms with Gasteiger partial charge in [-0.15, -0.1) is 0 Å². The normalized spacial score (nSPS) is 9.92. The second-order valence-electron chi connectivity index (χ2n) is 5.24. The van der Waals surface area contributed by atoms with Crippen molar-refractivity contribution in [3.8, 4) is 5.75 Å². The highest BCUT2D eigenvalue weighted by atomic mass is 16.5. The van der Waals surface area contributed by atoms with Crippen molar-refractivity contribution in [1.29, 1.82) is 0 Å². The monoisotopic (exact) mass is 327 g/mol.